The van der Waals surface area contributed by atoms with Crippen molar-refractivity contribution in [2.45, 2.75) is 6.42 Å². The van der Waals surface area contributed by atoms with E-state index in [-0.39, 0.29) is 6.42 Å². The molecule has 0 atom stereocenters. The van der Waals surface area contributed by atoms with E-state index in [1.54, 1.807) is 35.4 Å². The van der Waals surface area contributed by atoms with Crippen LogP contribution in [0.25, 0.3) is 5.69 Å². The molecule has 0 aliphatic heterocycles. The average molecular weight is 203 g/mol. The Hall–Kier alpha value is -2.17. The SMILES string of the molecule is O=C(O)Cc1ccnn1-c1cccnc1. The normalized spacial score (nSPS) is 10.1. The van der Waals surface area contributed by atoms with Crippen LogP contribution in [0.3, 0.4) is 0 Å². The number of aliphatic carboxylic acids is 1. The molecule has 76 valence electrons. The fourth-order valence-corrected chi connectivity index (χ4v) is 1.33. The van der Waals surface area contributed by atoms with Crippen molar-refractivity contribution in [3.05, 3.63) is 42.5 Å². The third kappa shape index (κ3) is 2.01. The van der Waals surface area contributed by atoms with Crippen molar-refractivity contribution in [3.8, 4) is 5.69 Å². The molecular formula is C10H9N3O2. The van der Waals surface area contributed by atoms with Crippen LogP contribution in [0.1, 0.15) is 5.69 Å². The monoisotopic (exact) mass is 203 g/mol. The second kappa shape index (κ2) is 3.91. The Bertz CT molecular complexity index is 465. The van der Waals surface area contributed by atoms with E-state index in [9.17, 15) is 4.79 Å². The molecule has 0 bridgehead atoms. The maximum absolute atomic E-state index is 10.6. The number of hydrogen-bond acceptors (Lipinski definition) is 3. The Morgan fingerprint density at radius 3 is 2.93 bits per heavy atom. The molecule has 0 amide bonds. The summed E-state index contributed by atoms with van der Waals surface area (Å²) in [4.78, 5) is 14.5. The fraction of sp³-hybridized carbons (Fsp3) is 0.100. The van der Waals surface area contributed by atoms with Crippen molar-refractivity contribution in [1.82, 2.24) is 14.8 Å². The zero-order chi connectivity index (χ0) is 10.7. The van der Waals surface area contributed by atoms with Gasteiger partial charge in [0.2, 0.25) is 0 Å². The number of rotatable bonds is 3. The first kappa shape index (κ1) is 9.39. The molecule has 0 fully saturated rings. The first-order valence-electron chi connectivity index (χ1n) is 4.42. The summed E-state index contributed by atoms with van der Waals surface area (Å²) in [7, 11) is 0. The van der Waals surface area contributed by atoms with Crippen LogP contribution in [0.5, 0.6) is 0 Å². The third-order valence-electron chi connectivity index (χ3n) is 1.94. The van der Waals surface area contributed by atoms with E-state index in [1.807, 2.05) is 6.07 Å². The van der Waals surface area contributed by atoms with E-state index in [2.05, 4.69) is 10.1 Å². The van der Waals surface area contributed by atoms with Gasteiger partial charge < -0.3 is 5.11 Å². The highest BCUT2D eigenvalue weighted by Gasteiger charge is 2.08. The van der Waals surface area contributed by atoms with Crippen LogP contribution >= 0.6 is 0 Å². The van der Waals surface area contributed by atoms with Crippen LogP contribution in [-0.4, -0.2) is 25.8 Å². The maximum atomic E-state index is 10.6. The second-order valence-electron chi connectivity index (χ2n) is 3.02. The quantitative estimate of drug-likeness (QED) is 0.804. The minimum Gasteiger partial charge on any atom is -0.481 e. The van der Waals surface area contributed by atoms with Crippen LogP contribution in [0.2, 0.25) is 0 Å². The topological polar surface area (TPSA) is 68.0 Å². The van der Waals surface area contributed by atoms with E-state index < -0.39 is 5.97 Å². The summed E-state index contributed by atoms with van der Waals surface area (Å²) in [5.41, 5.74) is 1.40. The molecule has 5 nitrogen and oxygen atoms in total. The Kier molecular flexibility index (Phi) is 2.45. The van der Waals surface area contributed by atoms with Crippen LogP contribution in [-0.2, 0) is 11.2 Å². The highest BCUT2D eigenvalue weighted by atomic mass is 16.4. The number of carboxylic acid groups (broad SMARTS) is 1. The summed E-state index contributed by atoms with van der Waals surface area (Å²) in [6.07, 6.45) is 4.82. The molecule has 2 rings (SSSR count). The van der Waals surface area contributed by atoms with Gasteiger partial charge in [0, 0.05) is 12.4 Å². The summed E-state index contributed by atoms with van der Waals surface area (Å²) in [6.45, 7) is 0. The molecule has 15 heavy (non-hydrogen) atoms. The van der Waals surface area contributed by atoms with Crippen molar-refractivity contribution in [2.24, 2.45) is 0 Å². The van der Waals surface area contributed by atoms with Gasteiger partial charge in [-0.2, -0.15) is 5.10 Å². The minimum absolute atomic E-state index is 0.0467. The molecule has 0 spiro atoms. The van der Waals surface area contributed by atoms with Gasteiger partial charge in [-0.05, 0) is 18.2 Å². The number of carboxylic acids is 1. The van der Waals surface area contributed by atoms with Crippen molar-refractivity contribution in [3.63, 3.8) is 0 Å². The Morgan fingerprint density at radius 1 is 1.40 bits per heavy atom. The second-order valence-corrected chi connectivity index (χ2v) is 3.02. The lowest BCUT2D eigenvalue weighted by molar-refractivity contribution is -0.136. The molecule has 1 N–H and O–H groups in total. The van der Waals surface area contributed by atoms with Gasteiger partial charge in [0.25, 0.3) is 0 Å². The van der Waals surface area contributed by atoms with E-state index >= 15 is 0 Å². The number of carbonyl (C=O) groups is 1. The standard InChI is InChI=1S/C10H9N3O2/c14-10(15)6-8-3-5-12-13(8)9-2-1-4-11-7-9/h1-5,7H,6H2,(H,14,15). The van der Waals surface area contributed by atoms with E-state index in [1.165, 1.54) is 0 Å². The van der Waals surface area contributed by atoms with Crippen molar-refractivity contribution in [2.75, 3.05) is 0 Å². The fourth-order valence-electron chi connectivity index (χ4n) is 1.33. The van der Waals surface area contributed by atoms with Gasteiger partial charge in [0.05, 0.1) is 24.0 Å². The highest BCUT2D eigenvalue weighted by Crippen LogP contribution is 2.08. The van der Waals surface area contributed by atoms with Gasteiger partial charge in [0.1, 0.15) is 0 Å². The van der Waals surface area contributed by atoms with Crippen molar-refractivity contribution in [1.29, 1.82) is 0 Å². The van der Waals surface area contributed by atoms with Gasteiger partial charge in [-0.1, -0.05) is 0 Å². The molecule has 2 aromatic heterocycles. The number of aromatic nitrogens is 3. The summed E-state index contributed by atoms with van der Waals surface area (Å²) in [6, 6.07) is 5.29. The molecule has 0 aliphatic carbocycles. The van der Waals surface area contributed by atoms with E-state index in [0.29, 0.717) is 5.69 Å². The molecular weight excluding hydrogens is 194 g/mol. The van der Waals surface area contributed by atoms with Gasteiger partial charge in [0.15, 0.2) is 0 Å². The first-order chi connectivity index (χ1) is 7.27. The lowest BCUT2D eigenvalue weighted by atomic mass is 10.3. The molecule has 2 aromatic rings. The van der Waals surface area contributed by atoms with Crippen LogP contribution in [0.4, 0.5) is 0 Å². The number of hydrogen-bond donors (Lipinski definition) is 1. The Labute approximate surface area is 86.0 Å². The average Bonchev–Trinajstić information content (AvgIpc) is 2.66. The largest absolute Gasteiger partial charge is 0.481 e. The maximum Gasteiger partial charge on any atom is 0.309 e. The molecule has 0 saturated heterocycles. The van der Waals surface area contributed by atoms with Crippen LogP contribution in [0, 0.1) is 0 Å². The van der Waals surface area contributed by atoms with E-state index in [4.69, 9.17) is 5.11 Å². The van der Waals surface area contributed by atoms with Crippen molar-refractivity contribution < 1.29 is 9.90 Å². The lowest BCUT2D eigenvalue weighted by Crippen LogP contribution is -2.07. The zero-order valence-corrected chi connectivity index (χ0v) is 7.87. The summed E-state index contributed by atoms with van der Waals surface area (Å²) in [5, 5.41) is 12.8. The number of nitrogens with zero attached hydrogens (tertiary/aromatic N) is 3. The lowest BCUT2D eigenvalue weighted by Gasteiger charge is -2.04. The van der Waals surface area contributed by atoms with Gasteiger partial charge in [-0.3, -0.25) is 9.78 Å². The molecule has 5 heteroatoms. The summed E-state index contributed by atoms with van der Waals surface area (Å²) >= 11 is 0. The highest BCUT2D eigenvalue weighted by molar-refractivity contribution is 5.69. The predicted molar refractivity (Wildman–Crippen MR) is 52.7 cm³/mol. The predicted octanol–water partition coefficient (Wildman–Crippen LogP) is 0.894. The molecule has 0 unspecified atom stereocenters. The molecule has 2 heterocycles. The van der Waals surface area contributed by atoms with Crippen LogP contribution in [0.15, 0.2) is 36.8 Å². The van der Waals surface area contributed by atoms with Gasteiger partial charge >= 0.3 is 5.97 Å². The van der Waals surface area contributed by atoms with E-state index in [0.717, 1.165) is 5.69 Å². The Balaban J connectivity index is 2.37. The van der Waals surface area contributed by atoms with Gasteiger partial charge in [-0.25, -0.2) is 4.68 Å². The molecule has 0 aliphatic rings. The summed E-state index contributed by atoms with van der Waals surface area (Å²) in [5.74, 6) is -0.874. The third-order valence-corrected chi connectivity index (χ3v) is 1.94. The first-order valence-corrected chi connectivity index (χ1v) is 4.42. The van der Waals surface area contributed by atoms with Crippen molar-refractivity contribution >= 4 is 5.97 Å². The zero-order valence-electron chi connectivity index (χ0n) is 7.87. The number of pyridine rings is 1. The Morgan fingerprint density at radius 2 is 2.27 bits per heavy atom. The minimum atomic E-state index is -0.874. The summed E-state index contributed by atoms with van der Waals surface area (Å²) < 4.78 is 1.57. The van der Waals surface area contributed by atoms with Crippen LogP contribution < -0.4 is 0 Å². The van der Waals surface area contributed by atoms with Gasteiger partial charge in [-0.15, -0.1) is 0 Å². The smallest absolute Gasteiger partial charge is 0.309 e. The molecule has 0 radical (unpaired) electrons. The molecule has 0 aromatic carbocycles. The molecule has 0 saturated carbocycles.